The summed E-state index contributed by atoms with van der Waals surface area (Å²) in [7, 11) is 3.59. The minimum absolute atomic E-state index is 0.0693. The van der Waals surface area contributed by atoms with Gasteiger partial charge >= 0.3 is 0 Å². The predicted molar refractivity (Wildman–Crippen MR) is 82.1 cm³/mol. The molecular weight excluding hydrogens is 248 g/mol. The molecule has 1 amide bonds. The van der Waals surface area contributed by atoms with Crippen LogP contribution in [0.1, 0.15) is 35.8 Å². The molecule has 0 saturated heterocycles. The van der Waals surface area contributed by atoms with Gasteiger partial charge in [0, 0.05) is 42.8 Å². The Morgan fingerprint density at radius 1 is 1.30 bits per heavy atom. The van der Waals surface area contributed by atoms with Crippen molar-refractivity contribution in [2.24, 2.45) is 5.92 Å². The normalized spacial score (nSPS) is 14.8. The zero-order chi connectivity index (χ0) is 14.3. The molecular formula is C17H22N2O. The number of benzene rings is 1. The van der Waals surface area contributed by atoms with E-state index in [2.05, 4.69) is 23.6 Å². The molecule has 1 saturated carbocycles. The smallest absolute Gasteiger partial charge is 0.253 e. The first kappa shape index (κ1) is 13.2. The van der Waals surface area contributed by atoms with Crippen LogP contribution in [-0.4, -0.2) is 29.5 Å². The van der Waals surface area contributed by atoms with E-state index in [1.807, 2.05) is 12.1 Å². The van der Waals surface area contributed by atoms with Crippen LogP contribution in [0.15, 0.2) is 24.3 Å². The summed E-state index contributed by atoms with van der Waals surface area (Å²) in [5.74, 6) is 0.930. The van der Waals surface area contributed by atoms with Gasteiger partial charge in [-0.1, -0.05) is 6.92 Å². The zero-order valence-electron chi connectivity index (χ0n) is 12.5. The van der Waals surface area contributed by atoms with Crippen molar-refractivity contribution in [3.8, 4) is 0 Å². The van der Waals surface area contributed by atoms with Crippen LogP contribution in [0.3, 0.4) is 0 Å². The second-order valence-electron chi connectivity index (χ2n) is 6.02. The van der Waals surface area contributed by atoms with Gasteiger partial charge in [-0.15, -0.1) is 0 Å². The highest BCUT2D eigenvalue weighted by atomic mass is 16.2. The quantitative estimate of drug-likeness (QED) is 0.836. The van der Waals surface area contributed by atoms with E-state index in [0.29, 0.717) is 0 Å². The molecule has 0 bridgehead atoms. The fraction of sp³-hybridized carbons (Fsp3) is 0.471. The predicted octanol–water partition coefficient (Wildman–Crippen LogP) is 3.32. The van der Waals surface area contributed by atoms with Crippen molar-refractivity contribution in [2.75, 3.05) is 14.1 Å². The van der Waals surface area contributed by atoms with Crippen molar-refractivity contribution in [1.29, 1.82) is 0 Å². The average Bonchev–Trinajstić information content (AvgIpc) is 3.19. The zero-order valence-corrected chi connectivity index (χ0v) is 12.5. The lowest BCUT2D eigenvalue weighted by Gasteiger charge is -2.11. The maximum Gasteiger partial charge on any atom is 0.253 e. The number of hydrogen-bond acceptors (Lipinski definition) is 1. The Kier molecular flexibility index (Phi) is 3.28. The summed E-state index contributed by atoms with van der Waals surface area (Å²) < 4.78 is 2.44. The minimum atomic E-state index is 0.0693. The summed E-state index contributed by atoms with van der Waals surface area (Å²) in [5, 5.41) is 1.19. The van der Waals surface area contributed by atoms with Gasteiger partial charge in [-0.3, -0.25) is 4.79 Å². The van der Waals surface area contributed by atoms with Gasteiger partial charge in [0.05, 0.1) is 0 Å². The minimum Gasteiger partial charge on any atom is -0.345 e. The Morgan fingerprint density at radius 3 is 2.65 bits per heavy atom. The molecule has 0 spiro atoms. The molecule has 0 unspecified atom stereocenters. The van der Waals surface area contributed by atoms with Crippen LogP contribution >= 0.6 is 0 Å². The van der Waals surface area contributed by atoms with E-state index in [1.54, 1.807) is 19.0 Å². The van der Waals surface area contributed by atoms with Crippen molar-refractivity contribution in [1.82, 2.24) is 9.47 Å². The summed E-state index contributed by atoms with van der Waals surface area (Å²) in [5.41, 5.74) is 3.42. The lowest BCUT2D eigenvalue weighted by molar-refractivity contribution is 0.0828. The van der Waals surface area contributed by atoms with Crippen molar-refractivity contribution >= 4 is 16.8 Å². The SMILES string of the molecule is CCc1cc2cc(C(=O)N(C)C)ccc2n1CC1CC1. The molecule has 3 heteroatoms. The fourth-order valence-electron chi connectivity index (χ4n) is 2.79. The largest absolute Gasteiger partial charge is 0.345 e. The van der Waals surface area contributed by atoms with E-state index in [4.69, 9.17) is 0 Å². The third-order valence-electron chi connectivity index (χ3n) is 4.14. The van der Waals surface area contributed by atoms with Gasteiger partial charge in [-0.25, -0.2) is 0 Å². The first-order valence-electron chi connectivity index (χ1n) is 7.44. The molecule has 0 radical (unpaired) electrons. The third-order valence-corrected chi connectivity index (χ3v) is 4.14. The Labute approximate surface area is 120 Å². The molecule has 0 atom stereocenters. The van der Waals surface area contributed by atoms with Gasteiger partial charge in [-0.2, -0.15) is 0 Å². The lowest BCUT2D eigenvalue weighted by Crippen LogP contribution is -2.21. The highest BCUT2D eigenvalue weighted by molar-refractivity contribution is 5.98. The monoisotopic (exact) mass is 270 g/mol. The van der Waals surface area contributed by atoms with Crippen molar-refractivity contribution in [3.63, 3.8) is 0 Å². The number of fused-ring (bicyclic) bond motifs is 1. The maximum atomic E-state index is 12.1. The first-order valence-corrected chi connectivity index (χ1v) is 7.44. The van der Waals surface area contributed by atoms with Crippen LogP contribution < -0.4 is 0 Å². The van der Waals surface area contributed by atoms with Crippen molar-refractivity contribution < 1.29 is 4.79 Å². The van der Waals surface area contributed by atoms with Gasteiger partial charge in [0.1, 0.15) is 0 Å². The molecule has 1 aliphatic rings. The molecule has 106 valence electrons. The molecule has 0 N–H and O–H groups in total. The third kappa shape index (κ3) is 2.33. The van der Waals surface area contributed by atoms with E-state index in [0.717, 1.165) is 24.4 Å². The summed E-state index contributed by atoms with van der Waals surface area (Å²) in [4.78, 5) is 13.7. The molecule has 1 aromatic carbocycles. The van der Waals surface area contributed by atoms with E-state index in [-0.39, 0.29) is 5.91 Å². The van der Waals surface area contributed by atoms with Crippen LogP contribution in [-0.2, 0) is 13.0 Å². The number of nitrogens with zero attached hydrogens (tertiary/aromatic N) is 2. The number of carbonyl (C=O) groups is 1. The second-order valence-corrected chi connectivity index (χ2v) is 6.02. The lowest BCUT2D eigenvalue weighted by atomic mass is 10.1. The van der Waals surface area contributed by atoms with Gasteiger partial charge in [-0.05, 0) is 49.4 Å². The van der Waals surface area contributed by atoms with Crippen molar-refractivity contribution in [3.05, 3.63) is 35.5 Å². The van der Waals surface area contributed by atoms with E-state index in [9.17, 15) is 4.79 Å². The van der Waals surface area contributed by atoms with E-state index < -0.39 is 0 Å². The van der Waals surface area contributed by atoms with Crippen LogP contribution in [0, 0.1) is 5.92 Å². The molecule has 0 aliphatic heterocycles. The van der Waals surface area contributed by atoms with E-state index >= 15 is 0 Å². The second kappa shape index (κ2) is 4.97. The number of aromatic nitrogens is 1. The molecule has 3 nitrogen and oxygen atoms in total. The number of amides is 1. The Morgan fingerprint density at radius 2 is 2.05 bits per heavy atom. The number of carbonyl (C=O) groups excluding carboxylic acids is 1. The number of aryl methyl sites for hydroxylation is 1. The standard InChI is InChI=1S/C17H22N2O/c1-4-15-10-14-9-13(17(20)18(2)3)7-8-16(14)19(15)11-12-5-6-12/h7-10,12H,4-6,11H2,1-3H3. The first-order chi connectivity index (χ1) is 9.60. The summed E-state index contributed by atoms with van der Waals surface area (Å²) in [6, 6.07) is 8.32. The molecule has 1 aliphatic carbocycles. The topological polar surface area (TPSA) is 25.2 Å². The van der Waals surface area contributed by atoms with Crippen molar-refractivity contribution in [2.45, 2.75) is 32.7 Å². The molecule has 20 heavy (non-hydrogen) atoms. The summed E-state index contributed by atoms with van der Waals surface area (Å²) in [6.07, 6.45) is 3.76. The molecule has 3 rings (SSSR count). The highest BCUT2D eigenvalue weighted by Gasteiger charge is 2.23. The maximum absolute atomic E-state index is 12.1. The van der Waals surface area contributed by atoms with Crippen LogP contribution in [0.5, 0.6) is 0 Å². The van der Waals surface area contributed by atoms with Crippen LogP contribution in [0.25, 0.3) is 10.9 Å². The Bertz CT molecular complexity index is 650. The highest BCUT2D eigenvalue weighted by Crippen LogP contribution is 2.33. The molecule has 1 aromatic heterocycles. The van der Waals surface area contributed by atoms with Gasteiger partial charge < -0.3 is 9.47 Å². The van der Waals surface area contributed by atoms with Crippen LogP contribution in [0.2, 0.25) is 0 Å². The molecule has 1 fully saturated rings. The average molecular weight is 270 g/mol. The number of hydrogen-bond donors (Lipinski definition) is 0. The van der Waals surface area contributed by atoms with Crippen LogP contribution in [0.4, 0.5) is 0 Å². The summed E-state index contributed by atoms with van der Waals surface area (Å²) >= 11 is 0. The summed E-state index contributed by atoms with van der Waals surface area (Å²) in [6.45, 7) is 3.33. The fourth-order valence-corrected chi connectivity index (χ4v) is 2.79. The van der Waals surface area contributed by atoms with E-state index in [1.165, 1.54) is 29.4 Å². The Hall–Kier alpha value is -1.77. The molecule has 2 aromatic rings. The Balaban J connectivity index is 2.04. The number of rotatable bonds is 4. The van der Waals surface area contributed by atoms with Gasteiger partial charge in [0.25, 0.3) is 5.91 Å². The molecule has 1 heterocycles. The van der Waals surface area contributed by atoms with Gasteiger partial charge in [0.2, 0.25) is 0 Å². The van der Waals surface area contributed by atoms with Gasteiger partial charge in [0.15, 0.2) is 0 Å².